The Balaban J connectivity index is 2.22. The smallest absolute Gasteiger partial charge is 0.184 e. The minimum absolute atomic E-state index is 0.124. The van der Waals surface area contributed by atoms with Gasteiger partial charge in [0, 0.05) is 5.56 Å². The van der Waals surface area contributed by atoms with Gasteiger partial charge in [0.25, 0.3) is 0 Å². The molecule has 0 atom stereocenters. The second-order valence-corrected chi connectivity index (χ2v) is 6.73. The first-order valence-electron chi connectivity index (χ1n) is 8.39. The Kier molecular flexibility index (Phi) is 6.97. The zero-order valence-electron chi connectivity index (χ0n) is 15.6. The number of nitrogens with one attached hydrogen (secondary N) is 1. The minimum atomic E-state index is 0.124. The van der Waals surface area contributed by atoms with Gasteiger partial charge < -0.3 is 15.2 Å². The predicted molar refractivity (Wildman–Crippen MR) is 110 cm³/mol. The molecule has 3 N–H and O–H groups in total. The van der Waals surface area contributed by atoms with Crippen LogP contribution in [0.2, 0.25) is 0 Å². The maximum atomic E-state index is 6.12. The highest BCUT2D eigenvalue weighted by atomic mass is 32.1. The van der Waals surface area contributed by atoms with E-state index in [4.69, 9.17) is 27.4 Å². The van der Waals surface area contributed by atoms with E-state index in [1.54, 1.807) is 13.3 Å². The number of hydrogen-bond donors (Lipinski definition) is 2. The number of rotatable bonds is 7. The van der Waals surface area contributed by atoms with Gasteiger partial charge in [-0.05, 0) is 66.0 Å². The van der Waals surface area contributed by atoms with E-state index in [1.807, 2.05) is 18.2 Å². The van der Waals surface area contributed by atoms with Gasteiger partial charge in [0.1, 0.15) is 18.1 Å². The van der Waals surface area contributed by atoms with Crippen molar-refractivity contribution in [3.05, 3.63) is 58.7 Å². The van der Waals surface area contributed by atoms with Gasteiger partial charge in [-0.2, -0.15) is 5.10 Å². The van der Waals surface area contributed by atoms with Crippen molar-refractivity contribution < 1.29 is 9.47 Å². The number of hydrogen-bond acceptors (Lipinski definition) is 4. The molecule has 26 heavy (non-hydrogen) atoms. The summed E-state index contributed by atoms with van der Waals surface area (Å²) in [4.78, 5) is 0. The summed E-state index contributed by atoms with van der Waals surface area (Å²) >= 11 is 4.73. The maximum absolute atomic E-state index is 6.12. The average molecular weight is 372 g/mol. The van der Waals surface area contributed by atoms with Crippen LogP contribution in [-0.4, -0.2) is 18.4 Å². The molecule has 0 aliphatic carbocycles. The molecular formula is C20H25N3O2S. The first-order chi connectivity index (χ1) is 12.4. The number of nitrogens with two attached hydrogens (primary N) is 1. The Morgan fingerprint density at radius 1 is 1.23 bits per heavy atom. The third-order valence-electron chi connectivity index (χ3n) is 3.87. The van der Waals surface area contributed by atoms with Crippen LogP contribution in [-0.2, 0) is 6.61 Å². The Bertz CT molecular complexity index is 804. The number of benzene rings is 2. The molecule has 0 saturated carbocycles. The van der Waals surface area contributed by atoms with Crippen molar-refractivity contribution >= 4 is 23.5 Å². The molecule has 0 unspecified atom stereocenters. The fraction of sp³-hybridized carbons (Fsp3) is 0.300. The van der Waals surface area contributed by atoms with Crippen LogP contribution in [0.25, 0.3) is 0 Å². The van der Waals surface area contributed by atoms with Gasteiger partial charge in [0.05, 0.1) is 13.3 Å². The molecule has 138 valence electrons. The van der Waals surface area contributed by atoms with Crippen LogP contribution < -0.4 is 20.6 Å². The highest BCUT2D eigenvalue weighted by molar-refractivity contribution is 7.80. The lowest BCUT2D eigenvalue weighted by atomic mass is 10.0. The molecule has 0 fully saturated rings. The van der Waals surface area contributed by atoms with Gasteiger partial charge in [-0.3, -0.25) is 5.43 Å². The molecule has 0 aliphatic rings. The maximum Gasteiger partial charge on any atom is 0.184 e. The van der Waals surface area contributed by atoms with Crippen LogP contribution >= 0.6 is 12.2 Å². The number of methoxy groups -OCH3 is 1. The number of ether oxygens (including phenoxy) is 2. The summed E-state index contributed by atoms with van der Waals surface area (Å²) in [6.07, 6.45) is 1.65. The molecule has 0 saturated heterocycles. The molecule has 0 aromatic heterocycles. The van der Waals surface area contributed by atoms with Crippen LogP contribution in [0.5, 0.6) is 11.5 Å². The van der Waals surface area contributed by atoms with E-state index < -0.39 is 0 Å². The van der Waals surface area contributed by atoms with Crippen molar-refractivity contribution in [3.63, 3.8) is 0 Å². The van der Waals surface area contributed by atoms with Crippen LogP contribution in [0, 0.1) is 6.92 Å². The first-order valence-corrected chi connectivity index (χ1v) is 8.80. The van der Waals surface area contributed by atoms with Crippen LogP contribution in [0.4, 0.5) is 0 Å². The summed E-state index contributed by atoms with van der Waals surface area (Å²) in [6.45, 7) is 6.77. The van der Waals surface area contributed by atoms with E-state index in [1.165, 1.54) is 11.1 Å². The lowest BCUT2D eigenvalue weighted by Gasteiger charge is -2.16. The molecule has 0 aliphatic heterocycles. The molecule has 0 spiro atoms. The summed E-state index contributed by atoms with van der Waals surface area (Å²) in [5.41, 5.74) is 12.1. The Morgan fingerprint density at radius 2 is 2.00 bits per heavy atom. The van der Waals surface area contributed by atoms with Crippen molar-refractivity contribution in [2.45, 2.75) is 33.3 Å². The zero-order valence-corrected chi connectivity index (χ0v) is 16.4. The van der Waals surface area contributed by atoms with Crippen molar-refractivity contribution in [2.24, 2.45) is 10.8 Å². The number of nitrogens with zero attached hydrogens (tertiary/aromatic N) is 1. The fourth-order valence-electron chi connectivity index (χ4n) is 2.56. The van der Waals surface area contributed by atoms with E-state index >= 15 is 0 Å². The average Bonchev–Trinajstić information content (AvgIpc) is 2.59. The molecule has 0 amide bonds. The summed E-state index contributed by atoms with van der Waals surface area (Å²) in [5.74, 6) is 2.05. The topological polar surface area (TPSA) is 68.9 Å². The Hall–Kier alpha value is -2.60. The fourth-order valence-corrected chi connectivity index (χ4v) is 2.61. The number of hydrazone groups is 1. The Labute approximate surface area is 160 Å². The van der Waals surface area contributed by atoms with Gasteiger partial charge in [-0.1, -0.05) is 26.0 Å². The number of thiocarbonyl (C=S) groups is 1. The summed E-state index contributed by atoms with van der Waals surface area (Å²) in [5, 5.41) is 4.11. The third kappa shape index (κ3) is 5.46. The minimum Gasteiger partial charge on any atom is -0.496 e. The molecule has 2 rings (SSSR count). The lowest BCUT2D eigenvalue weighted by molar-refractivity contribution is 0.292. The molecule has 5 nitrogen and oxygen atoms in total. The van der Waals surface area contributed by atoms with Crippen LogP contribution in [0.15, 0.2) is 41.5 Å². The standard InChI is InChI=1S/C20H25N3O2S/c1-13(2)17-7-5-14(3)9-19(17)25-12-16-10-15(6-8-18(16)24-4)11-22-23-20(21)26/h5-11,13H,12H2,1-4H3,(H3,21,23,26). The van der Waals surface area contributed by atoms with Crippen LogP contribution in [0.1, 0.15) is 42.0 Å². The highest BCUT2D eigenvalue weighted by Crippen LogP contribution is 2.29. The van der Waals surface area contributed by atoms with Crippen molar-refractivity contribution in [2.75, 3.05) is 7.11 Å². The summed E-state index contributed by atoms with van der Waals surface area (Å²) < 4.78 is 11.6. The SMILES string of the molecule is COc1ccc(C=NNC(N)=S)cc1COc1cc(C)ccc1C(C)C. The lowest BCUT2D eigenvalue weighted by Crippen LogP contribution is -2.24. The van der Waals surface area contributed by atoms with Gasteiger partial charge >= 0.3 is 0 Å². The van der Waals surface area contributed by atoms with E-state index in [-0.39, 0.29) is 5.11 Å². The van der Waals surface area contributed by atoms with Gasteiger partial charge in [0.15, 0.2) is 5.11 Å². The van der Waals surface area contributed by atoms with Gasteiger partial charge in [0.2, 0.25) is 0 Å². The van der Waals surface area contributed by atoms with Crippen molar-refractivity contribution in [1.29, 1.82) is 0 Å². The molecular weight excluding hydrogens is 346 g/mol. The molecule has 2 aromatic carbocycles. The van der Waals surface area contributed by atoms with E-state index in [2.05, 4.69) is 49.5 Å². The zero-order chi connectivity index (χ0) is 19.1. The predicted octanol–water partition coefficient (Wildman–Crippen LogP) is 3.87. The van der Waals surface area contributed by atoms with Gasteiger partial charge in [-0.15, -0.1) is 0 Å². The largest absolute Gasteiger partial charge is 0.496 e. The first kappa shape index (κ1) is 19.7. The number of aryl methyl sites for hydroxylation is 1. The molecule has 0 bridgehead atoms. The van der Waals surface area contributed by atoms with E-state index in [0.717, 1.165) is 22.6 Å². The van der Waals surface area contributed by atoms with Gasteiger partial charge in [-0.25, -0.2) is 0 Å². The molecule has 2 aromatic rings. The second kappa shape index (κ2) is 9.20. The molecule has 6 heteroatoms. The quantitative estimate of drug-likeness (QED) is 0.439. The monoisotopic (exact) mass is 371 g/mol. The summed E-state index contributed by atoms with van der Waals surface area (Å²) in [7, 11) is 1.65. The molecule has 0 heterocycles. The summed E-state index contributed by atoms with van der Waals surface area (Å²) in [6, 6.07) is 12.1. The van der Waals surface area contributed by atoms with E-state index in [9.17, 15) is 0 Å². The highest BCUT2D eigenvalue weighted by Gasteiger charge is 2.10. The van der Waals surface area contributed by atoms with Crippen LogP contribution in [0.3, 0.4) is 0 Å². The third-order valence-corrected chi connectivity index (χ3v) is 3.96. The normalized spacial score (nSPS) is 11.0. The molecule has 0 radical (unpaired) electrons. The Morgan fingerprint density at radius 3 is 2.65 bits per heavy atom. The van der Waals surface area contributed by atoms with E-state index in [0.29, 0.717) is 12.5 Å². The van der Waals surface area contributed by atoms with Crippen molar-refractivity contribution in [3.8, 4) is 11.5 Å². The van der Waals surface area contributed by atoms with Crippen molar-refractivity contribution in [1.82, 2.24) is 5.43 Å². The second-order valence-electron chi connectivity index (χ2n) is 6.29.